The molecule has 5 nitrogen and oxygen atoms in total. The van der Waals surface area contributed by atoms with E-state index >= 15 is 0 Å². The summed E-state index contributed by atoms with van der Waals surface area (Å²) in [6.45, 7) is 2.74. The Bertz CT molecular complexity index is 666. The van der Waals surface area contributed by atoms with Crippen molar-refractivity contribution < 1.29 is 14.6 Å². The van der Waals surface area contributed by atoms with Gasteiger partial charge >= 0.3 is 0 Å². The van der Waals surface area contributed by atoms with Crippen LogP contribution in [0, 0.1) is 0 Å². The predicted octanol–water partition coefficient (Wildman–Crippen LogP) is 2.54. The maximum absolute atomic E-state index is 12.0. The van der Waals surface area contributed by atoms with Gasteiger partial charge in [-0.25, -0.2) is 0 Å². The van der Waals surface area contributed by atoms with Crippen molar-refractivity contribution in [2.75, 3.05) is 32.1 Å². The smallest absolute Gasteiger partial charge is 0.224 e. The number of nitrogens with one attached hydrogen (secondary N) is 1. The number of aliphatic hydroxyl groups is 1. The molecule has 2 aromatic carbocycles. The van der Waals surface area contributed by atoms with Crippen molar-refractivity contribution in [1.29, 1.82) is 0 Å². The Morgan fingerprint density at radius 2 is 1.76 bits per heavy atom. The van der Waals surface area contributed by atoms with E-state index in [1.165, 1.54) is 0 Å². The molecule has 134 valence electrons. The van der Waals surface area contributed by atoms with E-state index in [2.05, 4.69) is 5.32 Å². The predicted molar refractivity (Wildman–Crippen MR) is 100 cm³/mol. The number of anilines is 1. The van der Waals surface area contributed by atoms with E-state index in [1.54, 1.807) is 0 Å². The Morgan fingerprint density at radius 3 is 2.32 bits per heavy atom. The van der Waals surface area contributed by atoms with Crippen LogP contribution in [0.15, 0.2) is 48.5 Å². The van der Waals surface area contributed by atoms with Gasteiger partial charge in [0.25, 0.3) is 0 Å². The number of hydrogen-bond donors (Lipinski definition) is 2. The summed E-state index contributed by atoms with van der Waals surface area (Å²) in [5, 5.41) is 13.0. The van der Waals surface area contributed by atoms with Gasteiger partial charge in [0, 0.05) is 26.3 Å². The van der Waals surface area contributed by atoms with E-state index in [0.717, 1.165) is 22.6 Å². The second kappa shape index (κ2) is 9.08. The van der Waals surface area contributed by atoms with E-state index in [9.17, 15) is 9.90 Å². The molecule has 1 unspecified atom stereocenters. The van der Waals surface area contributed by atoms with E-state index in [1.807, 2.05) is 74.4 Å². The number of rotatable bonds is 8. The van der Waals surface area contributed by atoms with Crippen molar-refractivity contribution >= 4 is 11.6 Å². The number of hydrogen-bond acceptors (Lipinski definition) is 4. The van der Waals surface area contributed by atoms with Crippen LogP contribution in [0.1, 0.15) is 24.2 Å². The van der Waals surface area contributed by atoms with Crippen molar-refractivity contribution in [2.24, 2.45) is 0 Å². The molecule has 25 heavy (non-hydrogen) atoms. The Hall–Kier alpha value is -2.53. The summed E-state index contributed by atoms with van der Waals surface area (Å²) >= 11 is 0. The molecule has 0 saturated carbocycles. The Kier molecular flexibility index (Phi) is 6.83. The second-order valence-corrected chi connectivity index (χ2v) is 6.06. The standard InChI is InChI=1S/C20H26N2O3/c1-4-25-18-11-5-15(6-12-18)13-20(24)21-14-19(23)16-7-9-17(10-8-16)22(2)3/h5-12,19,23H,4,13-14H2,1-3H3,(H,21,24). The maximum Gasteiger partial charge on any atom is 0.224 e. The van der Waals surface area contributed by atoms with Gasteiger partial charge in [0.05, 0.1) is 19.1 Å². The fourth-order valence-corrected chi connectivity index (χ4v) is 2.44. The molecule has 5 heteroatoms. The minimum Gasteiger partial charge on any atom is -0.494 e. The SMILES string of the molecule is CCOc1ccc(CC(=O)NCC(O)c2ccc(N(C)C)cc2)cc1. The summed E-state index contributed by atoms with van der Waals surface area (Å²) in [6, 6.07) is 15.1. The quantitative estimate of drug-likeness (QED) is 0.774. The molecule has 2 rings (SSSR count). The molecule has 0 bridgehead atoms. The summed E-state index contributed by atoms with van der Waals surface area (Å²) in [5.41, 5.74) is 2.76. The van der Waals surface area contributed by atoms with Crippen LogP contribution in [0.4, 0.5) is 5.69 Å². The number of carbonyl (C=O) groups is 1. The molecule has 0 fully saturated rings. The van der Waals surface area contributed by atoms with E-state index in [-0.39, 0.29) is 18.9 Å². The lowest BCUT2D eigenvalue weighted by Gasteiger charge is -2.16. The molecule has 2 N–H and O–H groups in total. The van der Waals surface area contributed by atoms with E-state index < -0.39 is 6.10 Å². The van der Waals surface area contributed by atoms with Crippen LogP contribution in [-0.2, 0) is 11.2 Å². The number of amides is 1. The second-order valence-electron chi connectivity index (χ2n) is 6.06. The summed E-state index contributed by atoms with van der Waals surface area (Å²) in [4.78, 5) is 14.0. The third kappa shape index (κ3) is 5.80. The summed E-state index contributed by atoms with van der Waals surface area (Å²) < 4.78 is 5.38. The van der Waals surface area contributed by atoms with Gasteiger partial charge in [0.2, 0.25) is 5.91 Å². The Labute approximate surface area is 149 Å². The molecular weight excluding hydrogens is 316 g/mol. The average Bonchev–Trinajstić information content (AvgIpc) is 2.61. The Balaban J connectivity index is 1.82. The van der Waals surface area contributed by atoms with Crippen molar-refractivity contribution in [2.45, 2.75) is 19.4 Å². The molecule has 0 saturated heterocycles. The molecule has 0 aliphatic carbocycles. The zero-order valence-electron chi connectivity index (χ0n) is 15.0. The maximum atomic E-state index is 12.0. The van der Waals surface area contributed by atoms with E-state index in [0.29, 0.717) is 6.61 Å². The number of aliphatic hydroxyl groups excluding tert-OH is 1. The molecule has 0 radical (unpaired) electrons. The highest BCUT2D eigenvalue weighted by Gasteiger charge is 2.10. The van der Waals surface area contributed by atoms with Gasteiger partial charge in [-0.1, -0.05) is 24.3 Å². The van der Waals surface area contributed by atoms with Crippen LogP contribution in [0.25, 0.3) is 0 Å². The first kappa shape index (κ1) is 18.8. The molecule has 0 aliphatic rings. The van der Waals surface area contributed by atoms with Gasteiger partial charge in [-0.15, -0.1) is 0 Å². The lowest BCUT2D eigenvalue weighted by atomic mass is 10.1. The van der Waals surface area contributed by atoms with Crippen LogP contribution >= 0.6 is 0 Å². The normalized spacial score (nSPS) is 11.7. The van der Waals surface area contributed by atoms with Crippen LogP contribution in [0.3, 0.4) is 0 Å². The Morgan fingerprint density at radius 1 is 1.12 bits per heavy atom. The summed E-state index contributed by atoms with van der Waals surface area (Å²) in [7, 11) is 3.93. The number of benzene rings is 2. The fraction of sp³-hybridized carbons (Fsp3) is 0.350. The third-order valence-corrected chi connectivity index (χ3v) is 3.89. The molecule has 0 aromatic heterocycles. The lowest BCUT2D eigenvalue weighted by molar-refractivity contribution is -0.120. The zero-order chi connectivity index (χ0) is 18.2. The zero-order valence-corrected chi connectivity index (χ0v) is 15.0. The number of nitrogens with zero attached hydrogens (tertiary/aromatic N) is 1. The van der Waals surface area contributed by atoms with Crippen molar-refractivity contribution in [3.63, 3.8) is 0 Å². The fourth-order valence-electron chi connectivity index (χ4n) is 2.44. The van der Waals surface area contributed by atoms with Crippen molar-refractivity contribution in [1.82, 2.24) is 5.32 Å². The first-order valence-electron chi connectivity index (χ1n) is 8.43. The number of carbonyl (C=O) groups excluding carboxylic acids is 1. The van der Waals surface area contributed by atoms with Gasteiger partial charge < -0.3 is 20.1 Å². The van der Waals surface area contributed by atoms with Gasteiger partial charge in [-0.2, -0.15) is 0 Å². The average molecular weight is 342 g/mol. The molecule has 1 atom stereocenters. The van der Waals surface area contributed by atoms with Crippen molar-refractivity contribution in [3.05, 3.63) is 59.7 Å². The first-order valence-corrected chi connectivity index (χ1v) is 8.43. The molecule has 0 heterocycles. The molecular formula is C20H26N2O3. The highest BCUT2D eigenvalue weighted by atomic mass is 16.5. The molecule has 0 spiro atoms. The minimum atomic E-state index is -0.722. The highest BCUT2D eigenvalue weighted by molar-refractivity contribution is 5.78. The molecule has 0 aliphatic heterocycles. The highest BCUT2D eigenvalue weighted by Crippen LogP contribution is 2.17. The summed E-state index contributed by atoms with van der Waals surface area (Å²) in [6.07, 6.45) is -0.445. The van der Waals surface area contributed by atoms with Gasteiger partial charge in [-0.3, -0.25) is 4.79 Å². The van der Waals surface area contributed by atoms with E-state index in [4.69, 9.17) is 4.74 Å². The minimum absolute atomic E-state index is 0.117. The van der Waals surface area contributed by atoms with Crippen LogP contribution in [-0.4, -0.2) is 38.3 Å². The molecule has 1 amide bonds. The van der Waals surface area contributed by atoms with Gasteiger partial charge in [-0.05, 0) is 42.3 Å². The van der Waals surface area contributed by atoms with Crippen LogP contribution < -0.4 is 15.0 Å². The van der Waals surface area contributed by atoms with Gasteiger partial charge in [0.1, 0.15) is 5.75 Å². The monoisotopic (exact) mass is 342 g/mol. The van der Waals surface area contributed by atoms with Crippen LogP contribution in [0.2, 0.25) is 0 Å². The van der Waals surface area contributed by atoms with Crippen LogP contribution in [0.5, 0.6) is 5.75 Å². The first-order chi connectivity index (χ1) is 12.0. The largest absolute Gasteiger partial charge is 0.494 e. The third-order valence-electron chi connectivity index (χ3n) is 3.89. The van der Waals surface area contributed by atoms with Crippen molar-refractivity contribution in [3.8, 4) is 5.75 Å². The summed E-state index contributed by atoms with van der Waals surface area (Å²) in [5.74, 6) is 0.677. The van der Waals surface area contributed by atoms with Gasteiger partial charge in [0.15, 0.2) is 0 Å². The topological polar surface area (TPSA) is 61.8 Å². The lowest BCUT2D eigenvalue weighted by Crippen LogP contribution is -2.29. The molecule has 2 aromatic rings. The number of ether oxygens (including phenoxy) is 1.